The molecule has 3 heteroatoms. The second kappa shape index (κ2) is 5.06. The molecule has 0 fully saturated rings. The summed E-state index contributed by atoms with van der Waals surface area (Å²) in [6, 6.07) is 10.4. The number of hydrogen-bond donors (Lipinski definition) is 2. The summed E-state index contributed by atoms with van der Waals surface area (Å²) in [5.41, 5.74) is 4.79. The second-order valence-corrected chi connectivity index (χ2v) is 6.82. The third-order valence-corrected chi connectivity index (χ3v) is 4.08. The van der Waals surface area contributed by atoms with Gasteiger partial charge in [-0.3, -0.25) is 4.79 Å². The number of benzene rings is 1. The van der Waals surface area contributed by atoms with Crippen molar-refractivity contribution in [3.8, 4) is 0 Å². The first-order chi connectivity index (χ1) is 9.93. The predicted molar refractivity (Wildman–Crippen MR) is 86.2 cm³/mol. The summed E-state index contributed by atoms with van der Waals surface area (Å²) in [5, 5.41) is 3.44. The molecule has 21 heavy (non-hydrogen) atoms. The molecular weight excluding hydrogens is 260 g/mol. The van der Waals surface area contributed by atoms with Crippen LogP contribution in [0.3, 0.4) is 0 Å². The lowest BCUT2D eigenvalue weighted by atomic mass is 9.89. The van der Waals surface area contributed by atoms with Gasteiger partial charge in [0.05, 0.1) is 0 Å². The molecule has 1 heterocycles. The lowest BCUT2D eigenvalue weighted by Crippen LogP contribution is -2.15. The molecule has 0 bridgehead atoms. The number of ketones is 1. The van der Waals surface area contributed by atoms with Gasteiger partial charge in [-0.1, -0.05) is 32.9 Å². The molecule has 1 aliphatic rings. The molecule has 0 amide bonds. The summed E-state index contributed by atoms with van der Waals surface area (Å²) < 4.78 is 0. The van der Waals surface area contributed by atoms with E-state index in [-0.39, 0.29) is 5.41 Å². The molecule has 0 saturated carbocycles. The van der Waals surface area contributed by atoms with Crippen molar-refractivity contribution in [2.45, 2.75) is 45.4 Å². The Morgan fingerprint density at radius 2 is 1.90 bits per heavy atom. The van der Waals surface area contributed by atoms with Crippen molar-refractivity contribution in [3.05, 3.63) is 47.2 Å². The smallest absolute Gasteiger partial charge is 0.137 e. The average Bonchev–Trinajstić information content (AvgIpc) is 2.88. The highest BCUT2D eigenvalue weighted by molar-refractivity contribution is 5.85. The van der Waals surface area contributed by atoms with Crippen LogP contribution in [-0.4, -0.2) is 10.8 Å². The van der Waals surface area contributed by atoms with E-state index in [1.807, 2.05) is 0 Å². The standard InChI is InChI=1S/C18H22N2O/c1-18(2,3)16-9-10-17(20-16)19-15-6-4-5-12-7-8-13(21)11-14(12)15/h4-6,9-10,19-20H,7-8,11H2,1-3H3. The Labute approximate surface area is 125 Å². The first-order valence-electron chi connectivity index (χ1n) is 7.52. The van der Waals surface area contributed by atoms with Crippen LogP contribution in [0.2, 0.25) is 0 Å². The number of aromatic amines is 1. The van der Waals surface area contributed by atoms with Gasteiger partial charge >= 0.3 is 0 Å². The molecule has 0 unspecified atom stereocenters. The Hall–Kier alpha value is -2.03. The summed E-state index contributed by atoms with van der Waals surface area (Å²) in [5.74, 6) is 1.31. The number of fused-ring (bicyclic) bond motifs is 1. The van der Waals surface area contributed by atoms with Crippen LogP contribution in [0.1, 0.15) is 44.0 Å². The minimum absolute atomic E-state index is 0.103. The normalized spacial score (nSPS) is 14.9. The van der Waals surface area contributed by atoms with Crippen molar-refractivity contribution in [3.63, 3.8) is 0 Å². The van der Waals surface area contributed by atoms with E-state index in [9.17, 15) is 4.79 Å². The summed E-state index contributed by atoms with van der Waals surface area (Å²) in [7, 11) is 0. The largest absolute Gasteiger partial charge is 0.345 e. The number of Topliss-reactive ketones (excluding diaryl/α,β-unsaturated/α-hetero) is 1. The molecule has 1 aliphatic carbocycles. The van der Waals surface area contributed by atoms with E-state index in [4.69, 9.17) is 0 Å². The lowest BCUT2D eigenvalue weighted by molar-refractivity contribution is -0.118. The third kappa shape index (κ3) is 2.87. The number of nitrogens with one attached hydrogen (secondary N) is 2. The Morgan fingerprint density at radius 1 is 1.10 bits per heavy atom. The highest BCUT2D eigenvalue weighted by Gasteiger charge is 2.19. The van der Waals surface area contributed by atoms with E-state index in [1.165, 1.54) is 11.3 Å². The van der Waals surface area contributed by atoms with Crippen LogP contribution in [0.15, 0.2) is 30.3 Å². The van der Waals surface area contributed by atoms with E-state index < -0.39 is 0 Å². The maximum atomic E-state index is 11.7. The molecule has 110 valence electrons. The van der Waals surface area contributed by atoms with Crippen molar-refractivity contribution in [1.29, 1.82) is 0 Å². The quantitative estimate of drug-likeness (QED) is 0.870. The molecule has 1 aromatic heterocycles. The zero-order chi connectivity index (χ0) is 15.0. The third-order valence-electron chi connectivity index (χ3n) is 4.08. The molecule has 0 radical (unpaired) electrons. The van der Waals surface area contributed by atoms with Crippen LogP contribution in [0, 0.1) is 0 Å². The van der Waals surface area contributed by atoms with Gasteiger partial charge in [0.15, 0.2) is 0 Å². The number of H-pyrrole nitrogens is 1. The fraction of sp³-hybridized carbons (Fsp3) is 0.389. The summed E-state index contributed by atoms with van der Waals surface area (Å²) in [6.45, 7) is 6.56. The Balaban J connectivity index is 1.89. The summed E-state index contributed by atoms with van der Waals surface area (Å²) in [4.78, 5) is 15.2. The molecular formula is C18H22N2O. The van der Waals surface area contributed by atoms with E-state index in [2.05, 4.69) is 61.4 Å². The molecule has 2 N–H and O–H groups in total. The minimum Gasteiger partial charge on any atom is -0.345 e. The van der Waals surface area contributed by atoms with Crippen molar-refractivity contribution in [2.75, 3.05) is 5.32 Å². The van der Waals surface area contributed by atoms with Crippen LogP contribution in [-0.2, 0) is 23.1 Å². The minimum atomic E-state index is 0.103. The van der Waals surface area contributed by atoms with Crippen LogP contribution < -0.4 is 5.32 Å². The van der Waals surface area contributed by atoms with Crippen LogP contribution in [0.25, 0.3) is 0 Å². The number of hydrogen-bond acceptors (Lipinski definition) is 2. The monoisotopic (exact) mass is 282 g/mol. The van der Waals surface area contributed by atoms with Crippen LogP contribution in [0.4, 0.5) is 11.5 Å². The van der Waals surface area contributed by atoms with Crippen molar-refractivity contribution < 1.29 is 4.79 Å². The maximum absolute atomic E-state index is 11.7. The first kappa shape index (κ1) is 13.9. The average molecular weight is 282 g/mol. The van der Waals surface area contributed by atoms with E-state index in [0.29, 0.717) is 18.6 Å². The number of rotatable bonds is 2. The number of anilines is 2. The molecule has 3 rings (SSSR count). The molecule has 0 aliphatic heterocycles. The molecule has 3 nitrogen and oxygen atoms in total. The van der Waals surface area contributed by atoms with Gasteiger partial charge in [0.25, 0.3) is 0 Å². The van der Waals surface area contributed by atoms with E-state index >= 15 is 0 Å². The van der Waals surface area contributed by atoms with Gasteiger partial charge in [-0.25, -0.2) is 0 Å². The number of carbonyl (C=O) groups excluding carboxylic acids is 1. The van der Waals surface area contributed by atoms with Gasteiger partial charge in [-0.05, 0) is 35.7 Å². The molecule has 1 aromatic carbocycles. The van der Waals surface area contributed by atoms with Crippen molar-refractivity contribution >= 4 is 17.3 Å². The SMILES string of the molecule is CC(C)(C)c1ccc(Nc2cccc3c2CC(=O)CC3)[nH]1. The first-order valence-corrected chi connectivity index (χ1v) is 7.52. The molecule has 0 saturated heterocycles. The van der Waals surface area contributed by atoms with E-state index in [0.717, 1.165) is 23.5 Å². The summed E-state index contributed by atoms with van der Waals surface area (Å²) >= 11 is 0. The van der Waals surface area contributed by atoms with E-state index in [1.54, 1.807) is 0 Å². The zero-order valence-electron chi connectivity index (χ0n) is 12.9. The lowest BCUT2D eigenvalue weighted by Gasteiger charge is -2.19. The van der Waals surface area contributed by atoms with Gasteiger partial charge in [-0.15, -0.1) is 0 Å². The molecule has 2 aromatic rings. The highest BCUT2D eigenvalue weighted by Crippen LogP contribution is 2.30. The molecule has 0 atom stereocenters. The number of aryl methyl sites for hydroxylation is 1. The van der Waals surface area contributed by atoms with Crippen LogP contribution >= 0.6 is 0 Å². The van der Waals surface area contributed by atoms with Crippen LogP contribution in [0.5, 0.6) is 0 Å². The number of aromatic nitrogens is 1. The van der Waals surface area contributed by atoms with Crippen molar-refractivity contribution in [1.82, 2.24) is 4.98 Å². The Kier molecular flexibility index (Phi) is 3.36. The van der Waals surface area contributed by atoms with Gasteiger partial charge < -0.3 is 10.3 Å². The van der Waals surface area contributed by atoms with Gasteiger partial charge in [0.2, 0.25) is 0 Å². The fourth-order valence-corrected chi connectivity index (χ4v) is 2.80. The maximum Gasteiger partial charge on any atom is 0.137 e. The Morgan fingerprint density at radius 3 is 2.62 bits per heavy atom. The predicted octanol–water partition coefficient (Wildman–Crippen LogP) is 4.11. The summed E-state index contributed by atoms with van der Waals surface area (Å²) in [6.07, 6.45) is 2.08. The fourth-order valence-electron chi connectivity index (χ4n) is 2.80. The van der Waals surface area contributed by atoms with Gasteiger partial charge in [0, 0.05) is 29.6 Å². The highest BCUT2D eigenvalue weighted by atomic mass is 16.1. The Bertz CT molecular complexity index is 677. The number of carbonyl (C=O) groups is 1. The topological polar surface area (TPSA) is 44.9 Å². The van der Waals surface area contributed by atoms with Gasteiger partial charge in [0.1, 0.15) is 11.6 Å². The van der Waals surface area contributed by atoms with Crippen molar-refractivity contribution in [2.24, 2.45) is 0 Å². The zero-order valence-corrected chi connectivity index (χ0v) is 12.9. The van der Waals surface area contributed by atoms with Gasteiger partial charge in [-0.2, -0.15) is 0 Å². The second-order valence-electron chi connectivity index (χ2n) is 6.82. The molecule has 0 spiro atoms.